The quantitative estimate of drug-likeness (QED) is 0.353. The highest BCUT2D eigenvalue weighted by Gasteiger charge is 2.02. The maximum absolute atomic E-state index is 2.38. The lowest BCUT2D eigenvalue weighted by Crippen LogP contribution is -2.33. The summed E-state index contributed by atoms with van der Waals surface area (Å²) in [6.45, 7) is 5.74. The van der Waals surface area contributed by atoms with E-state index in [4.69, 9.17) is 0 Å². The molecule has 0 atom stereocenters. The summed E-state index contributed by atoms with van der Waals surface area (Å²) in [6, 6.07) is 4.50. The Morgan fingerprint density at radius 2 is 1.45 bits per heavy atom. The Morgan fingerprint density at radius 1 is 0.800 bits per heavy atom. The average molecular weight is 276 g/mol. The fraction of sp³-hybridized carbons (Fsp3) is 0.737. The van der Waals surface area contributed by atoms with Gasteiger partial charge in [0.15, 0.2) is 12.4 Å². The van der Waals surface area contributed by atoms with Gasteiger partial charge in [-0.1, -0.05) is 58.8 Å². The van der Waals surface area contributed by atoms with E-state index < -0.39 is 0 Å². The molecular weight excluding hydrogens is 242 g/mol. The molecule has 114 valence electrons. The lowest BCUT2D eigenvalue weighted by molar-refractivity contribution is -0.697. The van der Waals surface area contributed by atoms with E-state index in [2.05, 4.69) is 42.9 Å². The van der Waals surface area contributed by atoms with Crippen LogP contribution in [0.3, 0.4) is 0 Å². The molecule has 1 heterocycles. The molecule has 0 amide bonds. The molecule has 1 nitrogen and oxygen atoms in total. The Balaban J connectivity index is 2.18. The molecule has 0 saturated heterocycles. The van der Waals surface area contributed by atoms with E-state index in [0.717, 1.165) is 0 Å². The average Bonchev–Trinajstić information content (AvgIpc) is 2.48. The minimum atomic E-state index is 1.18. The lowest BCUT2D eigenvalue weighted by Gasteiger charge is -2.02. The van der Waals surface area contributed by atoms with Crippen LogP contribution in [0.2, 0.25) is 0 Å². The lowest BCUT2D eigenvalue weighted by atomic mass is 10.1. The number of aromatic nitrogens is 1. The molecule has 1 heteroatoms. The van der Waals surface area contributed by atoms with Crippen molar-refractivity contribution in [1.29, 1.82) is 0 Å². The van der Waals surface area contributed by atoms with E-state index in [1.165, 1.54) is 82.7 Å². The van der Waals surface area contributed by atoms with Crippen molar-refractivity contribution >= 4 is 0 Å². The SMILES string of the molecule is CCCCCCCCc1ccc[n+](CCCCCC)c1. The number of nitrogens with zero attached hydrogens (tertiary/aromatic N) is 1. The third kappa shape index (κ3) is 8.35. The molecule has 0 saturated carbocycles. The zero-order valence-electron chi connectivity index (χ0n) is 13.7. The summed E-state index contributed by atoms with van der Waals surface area (Å²) in [7, 11) is 0. The Bertz CT molecular complexity index is 332. The second kappa shape index (κ2) is 11.9. The maximum Gasteiger partial charge on any atom is 0.171 e. The van der Waals surface area contributed by atoms with Crippen molar-refractivity contribution in [2.24, 2.45) is 0 Å². The first-order chi connectivity index (χ1) is 9.86. The third-order valence-corrected chi connectivity index (χ3v) is 4.01. The molecule has 0 N–H and O–H groups in total. The van der Waals surface area contributed by atoms with Crippen LogP contribution in [0.1, 0.15) is 83.6 Å². The van der Waals surface area contributed by atoms with E-state index in [1.54, 1.807) is 0 Å². The van der Waals surface area contributed by atoms with Gasteiger partial charge in [0.25, 0.3) is 0 Å². The second-order valence-corrected chi connectivity index (χ2v) is 6.03. The van der Waals surface area contributed by atoms with Gasteiger partial charge in [-0.05, 0) is 25.3 Å². The van der Waals surface area contributed by atoms with Gasteiger partial charge in [-0.15, -0.1) is 0 Å². The molecule has 1 aromatic rings. The Labute approximate surface area is 126 Å². The highest BCUT2D eigenvalue weighted by Crippen LogP contribution is 2.08. The standard InChI is InChI=1S/C19H34N/c1-3-5-7-9-10-11-14-19-15-13-17-20(18-19)16-12-8-6-4-2/h13,15,17-18H,3-12,14,16H2,1-2H3/q+1. The van der Waals surface area contributed by atoms with Crippen molar-refractivity contribution in [2.45, 2.75) is 91.0 Å². The van der Waals surface area contributed by atoms with Gasteiger partial charge in [-0.25, -0.2) is 4.57 Å². The van der Waals surface area contributed by atoms with Gasteiger partial charge in [0.05, 0.1) is 0 Å². The summed E-state index contributed by atoms with van der Waals surface area (Å²) < 4.78 is 2.38. The summed E-state index contributed by atoms with van der Waals surface area (Å²) in [6.07, 6.45) is 19.5. The van der Waals surface area contributed by atoms with Crippen LogP contribution in [0.25, 0.3) is 0 Å². The summed E-state index contributed by atoms with van der Waals surface area (Å²) in [5, 5.41) is 0. The topological polar surface area (TPSA) is 3.88 Å². The molecule has 0 aromatic carbocycles. The van der Waals surface area contributed by atoms with Gasteiger partial charge in [0.2, 0.25) is 0 Å². The van der Waals surface area contributed by atoms with E-state index >= 15 is 0 Å². The first kappa shape index (κ1) is 17.2. The predicted molar refractivity (Wildman–Crippen MR) is 87.9 cm³/mol. The monoisotopic (exact) mass is 276 g/mol. The van der Waals surface area contributed by atoms with Crippen LogP contribution < -0.4 is 4.57 Å². The highest BCUT2D eigenvalue weighted by molar-refractivity contribution is 5.05. The van der Waals surface area contributed by atoms with Gasteiger partial charge in [0, 0.05) is 18.1 Å². The van der Waals surface area contributed by atoms with Gasteiger partial charge in [0.1, 0.15) is 6.54 Å². The molecule has 1 aromatic heterocycles. The van der Waals surface area contributed by atoms with Crippen molar-refractivity contribution in [3.8, 4) is 0 Å². The molecule has 0 unspecified atom stereocenters. The molecule has 0 aliphatic heterocycles. The summed E-state index contributed by atoms with van der Waals surface area (Å²) >= 11 is 0. The molecule has 20 heavy (non-hydrogen) atoms. The van der Waals surface area contributed by atoms with Crippen LogP contribution in [-0.4, -0.2) is 0 Å². The largest absolute Gasteiger partial charge is 0.205 e. The minimum absolute atomic E-state index is 1.18. The minimum Gasteiger partial charge on any atom is -0.205 e. The molecule has 0 aliphatic rings. The number of hydrogen-bond acceptors (Lipinski definition) is 0. The third-order valence-electron chi connectivity index (χ3n) is 4.01. The maximum atomic E-state index is 2.38. The molecule has 0 fully saturated rings. The van der Waals surface area contributed by atoms with Crippen LogP contribution in [0, 0.1) is 0 Å². The Hall–Kier alpha value is -0.850. The zero-order valence-corrected chi connectivity index (χ0v) is 13.7. The number of unbranched alkanes of at least 4 members (excludes halogenated alkanes) is 8. The molecule has 0 bridgehead atoms. The van der Waals surface area contributed by atoms with Crippen LogP contribution in [0.15, 0.2) is 24.5 Å². The normalized spacial score (nSPS) is 10.9. The van der Waals surface area contributed by atoms with E-state index in [1.807, 2.05) is 0 Å². The Kier molecular flexibility index (Phi) is 10.3. The number of aryl methyl sites for hydroxylation is 2. The predicted octanol–water partition coefficient (Wildman–Crippen LogP) is 5.46. The summed E-state index contributed by atoms with van der Waals surface area (Å²) in [5.74, 6) is 0. The molecule has 0 radical (unpaired) electrons. The number of hydrogen-bond donors (Lipinski definition) is 0. The molecule has 1 rings (SSSR count). The molecular formula is C19H34N+. The summed E-state index contributed by atoms with van der Waals surface area (Å²) in [5.41, 5.74) is 1.51. The smallest absolute Gasteiger partial charge is 0.171 e. The van der Waals surface area contributed by atoms with Crippen molar-refractivity contribution < 1.29 is 4.57 Å². The van der Waals surface area contributed by atoms with Crippen LogP contribution in [0.4, 0.5) is 0 Å². The van der Waals surface area contributed by atoms with Gasteiger partial charge in [-0.2, -0.15) is 0 Å². The van der Waals surface area contributed by atoms with E-state index in [9.17, 15) is 0 Å². The van der Waals surface area contributed by atoms with Crippen molar-refractivity contribution in [2.75, 3.05) is 0 Å². The zero-order chi connectivity index (χ0) is 14.5. The first-order valence-corrected chi connectivity index (χ1v) is 8.84. The van der Waals surface area contributed by atoms with Crippen molar-refractivity contribution in [1.82, 2.24) is 0 Å². The van der Waals surface area contributed by atoms with Crippen molar-refractivity contribution in [3.63, 3.8) is 0 Å². The van der Waals surface area contributed by atoms with Gasteiger partial charge >= 0.3 is 0 Å². The Morgan fingerprint density at radius 3 is 2.20 bits per heavy atom. The number of pyridine rings is 1. The second-order valence-electron chi connectivity index (χ2n) is 6.03. The van der Waals surface area contributed by atoms with E-state index in [0.29, 0.717) is 0 Å². The fourth-order valence-electron chi connectivity index (χ4n) is 2.69. The molecule has 0 aliphatic carbocycles. The van der Waals surface area contributed by atoms with Gasteiger partial charge in [-0.3, -0.25) is 0 Å². The fourth-order valence-corrected chi connectivity index (χ4v) is 2.69. The van der Waals surface area contributed by atoms with E-state index in [-0.39, 0.29) is 0 Å². The van der Waals surface area contributed by atoms with Crippen LogP contribution in [-0.2, 0) is 13.0 Å². The van der Waals surface area contributed by atoms with Crippen molar-refractivity contribution in [3.05, 3.63) is 30.1 Å². The first-order valence-electron chi connectivity index (χ1n) is 8.84. The van der Waals surface area contributed by atoms with Crippen LogP contribution >= 0.6 is 0 Å². The number of rotatable bonds is 12. The van der Waals surface area contributed by atoms with Gasteiger partial charge < -0.3 is 0 Å². The summed E-state index contributed by atoms with van der Waals surface area (Å²) in [4.78, 5) is 0. The highest BCUT2D eigenvalue weighted by atomic mass is 14.9. The van der Waals surface area contributed by atoms with Crippen LogP contribution in [0.5, 0.6) is 0 Å². The molecule has 0 spiro atoms.